The van der Waals surface area contributed by atoms with Crippen molar-refractivity contribution >= 4 is 41.4 Å². The number of halogens is 2. The highest BCUT2D eigenvalue weighted by Gasteiger charge is 2.23. The lowest BCUT2D eigenvalue weighted by atomic mass is 10.1. The van der Waals surface area contributed by atoms with Crippen LogP contribution in [0.1, 0.15) is 18.2 Å². The Labute approximate surface area is 133 Å². The number of nitrogens with one attached hydrogen (secondary N) is 1. The molecule has 0 bridgehead atoms. The predicted octanol–water partition coefficient (Wildman–Crippen LogP) is 2.52. The van der Waals surface area contributed by atoms with Crippen molar-refractivity contribution in [3.63, 3.8) is 0 Å². The van der Waals surface area contributed by atoms with Crippen LogP contribution in [-0.2, 0) is 4.74 Å². The molecule has 3 aromatic rings. The quantitative estimate of drug-likeness (QED) is 0.747. The maximum absolute atomic E-state index is 12.1. The number of fused-ring (bicyclic) bond motifs is 3. The first-order valence-corrected chi connectivity index (χ1v) is 6.41. The van der Waals surface area contributed by atoms with Crippen molar-refractivity contribution in [3.05, 3.63) is 46.6 Å². The first kappa shape index (κ1) is 15.8. The number of hydrogen-bond acceptors (Lipinski definition) is 3. The van der Waals surface area contributed by atoms with Crippen LogP contribution in [0.5, 0.6) is 0 Å². The number of rotatable bonds is 1. The van der Waals surface area contributed by atoms with Gasteiger partial charge in [-0.1, -0.05) is 12.1 Å². The lowest BCUT2D eigenvalue weighted by Gasteiger charge is -2.09. The van der Waals surface area contributed by atoms with Crippen molar-refractivity contribution in [3.8, 4) is 0 Å². The van der Waals surface area contributed by atoms with E-state index in [2.05, 4.69) is 9.97 Å². The number of nitrogens with zero attached hydrogens (tertiary/aromatic N) is 2. The van der Waals surface area contributed by atoms with Gasteiger partial charge in [-0.3, -0.25) is 9.20 Å². The Balaban J connectivity index is 0.000000807. The average Bonchev–Trinajstić information content (AvgIpc) is 3.08. The molecule has 1 aromatic carbocycles. The van der Waals surface area contributed by atoms with Gasteiger partial charge in [-0.15, -0.1) is 24.8 Å². The predicted molar refractivity (Wildman–Crippen MR) is 86.0 cm³/mol. The minimum Gasteiger partial charge on any atom is -0.381 e. The smallest absolute Gasteiger partial charge is 0.274 e. The number of para-hydroxylation sites is 2. The summed E-state index contributed by atoms with van der Waals surface area (Å²) in [5.74, 6) is 1.20. The Morgan fingerprint density at radius 1 is 1.24 bits per heavy atom. The van der Waals surface area contributed by atoms with Crippen molar-refractivity contribution in [1.29, 1.82) is 0 Å². The number of hydrogen-bond donors (Lipinski definition) is 1. The summed E-state index contributed by atoms with van der Waals surface area (Å²) in [4.78, 5) is 19.4. The number of imidazole rings is 1. The second-order valence-corrected chi connectivity index (χ2v) is 4.87. The molecule has 0 aliphatic carbocycles. The summed E-state index contributed by atoms with van der Waals surface area (Å²) in [6.07, 6.45) is 2.61. The minimum absolute atomic E-state index is 0. The molecule has 5 nitrogen and oxygen atoms in total. The van der Waals surface area contributed by atoms with E-state index >= 15 is 0 Å². The van der Waals surface area contributed by atoms with Crippen LogP contribution in [0, 0.1) is 0 Å². The van der Waals surface area contributed by atoms with Crippen LogP contribution in [0.25, 0.3) is 16.6 Å². The number of aromatic nitrogens is 3. The summed E-state index contributed by atoms with van der Waals surface area (Å²) in [7, 11) is 0. The Morgan fingerprint density at radius 3 is 2.81 bits per heavy atom. The van der Waals surface area contributed by atoms with Gasteiger partial charge in [-0.2, -0.15) is 0 Å². The zero-order valence-electron chi connectivity index (χ0n) is 11.1. The standard InChI is InChI=1S/C14H13N3O2.2ClH/c18-14-12-7-15-13(9-5-6-19-8-9)17(12)11-4-2-1-3-10(11)16-14;;/h1-4,7,9H,5-6,8H2,(H,16,18);2*1H. The number of aromatic amines is 1. The fraction of sp³-hybridized carbons (Fsp3) is 0.286. The third kappa shape index (κ3) is 2.41. The highest BCUT2D eigenvalue weighted by molar-refractivity contribution is 5.85. The summed E-state index contributed by atoms with van der Waals surface area (Å²) in [6.45, 7) is 1.45. The molecule has 4 rings (SSSR count). The molecule has 1 atom stereocenters. The molecule has 7 heteroatoms. The van der Waals surface area contributed by atoms with Gasteiger partial charge in [0.25, 0.3) is 5.56 Å². The molecule has 21 heavy (non-hydrogen) atoms. The molecule has 0 radical (unpaired) electrons. The van der Waals surface area contributed by atoms with E-state index in [0.717, 1.165) is 29.9 Å². The molecule has 2 aromatic heterocycles. The van der Waals surface area contributed by atoms with E-state index in [4.69, 9.17) is 4.74 Å². The second-order valence-electron chi connectivity index (χ2n) is 4.87. The molecule has 1 aliphatic rings. The van der Waals surface area contributed by atoms with E-state index in [0.29, 0.717) is 12.1 Å². The molecule has 112 valence electrons. The van der Waals surface area contributed by atoms with Gasteiger partial charge in [0.1, 0.15) is 11.3 Å². The molecule has 1 fully saturated rings. The van der Waals surface area contributed by atoms with Gasteiger partial charge in [-0.05, 0) is 18.6 Å². The van der Waals surface area contributed by atoms with E-state index in [1.54, 1.807) is 6.20 Å². The highest BCUT2D eigenvalue weighted by atomic mass is 35.5. The lowest BCUT2D eigenvalue weighted by Crippen LogP contribution is -2.12. The molecule has 0 amide bonds. The third-order valence-corrected chi connectivity index (χ3v) is 3.71. The van der Waals surface area contributed by atoms with Crippen LogP contribution < -0.4 is 5.56 Å². The first-order valence-electron chi connectivity index (χ1n) is 6.41. The Morgan fingerprint density at radius 2 is 2.05 bits per heavy atom. The summed E-state index contributed by atoms with van der Waals surface area (Å²) < 4.78 is 7.40. The Bertz CT molecular complexity index is 822. The molecule has 0 saturated carbocycles. The van der Waals surface area contributed by atoms with Gasteiger partial charge >= 0.3 is 0 Å². The first-order chi connectivity index (χ1) is 9.34. The van der Waals surface area contributed by atoms with Crippen LogP contribution >= 0.6 is 24.8 Å². The van der Waals surface area contributed by atoms with E-state index in [1.165, 1.54) is 0 Å². The highest BCUT2D eigenvalue weighted by Crippen LogP contribution is 2.26. The SMILES string of the molecule is Cl.Cl.O=c1[nH]c2ccccc2n2c(C3CCOC3)ncc12. The van der Waals surface area contributed by atoms with Crippen molar-refractivity contribution in [2.75, 3.05) is 13.2 Å². The Hall–Kier alpha value is -1.56. The van der Waals surface area contributed by atoms with Gasteiger partial charge in [0.15, 0.2) is 0 Å². The molecular weight excluding hydrogens is 313 g/mol. The maximum Gasteiger partial charge on any atom is 0.274 e. The maximum atomic E-state index is 12.1. The van der Waals surface area contributed by atoms with E-state index < -0.39 is 0 Å². The zero-order valence-corrected chi connectivity index (χ0v) is 12.7. The van der Waals surface area contributed by atoms with Crippen LogP contribution in [0.3, 0.4) is 0 Å². The molecule has 1 N–H and O–H groups in total. The largest absolute Gasteiger partial charge is 0.381 e. The van der Waals surface area contributed by atoms with Gasteiger partial charge < -0.3 is 9.72 Å². The van der Waals surface area contributed by atoms with E-state index in [-0.39, 0.29) is 36.3 Å². The molecular formula is C14H15Cl2N3O2. The second kappa shape index (κ2) is 6.05. The van der Waals surface area contributed by atoms with Crippen LogP contribution in [0.4, 0.5) is 0 Å². The topological polar surface area (TPSA) is 59.4 Å². The third-order valence-electron chi connectivity index (χ3n) is 3.71. The fourth-order valence-corrected chi connectivity index (χ4v) is 2.77. The number of ether oxygens (including phenoxy) is 1. The van der Waals surface area contributed by atoms with E-state index in [9.17, 15) is 4.79 Å². The monoisotopic (exact) mass is 327 g/mol. The minimum atomic E-state index is -0.101. The number of benzene rings is 1. The van der Waals surface area contributed by atoms with Crippen molar-refractivity contribution in [2.24, 2.45) is 0 Å². The van der Waals surface area contributed by atoms with Crippen LogP contribution in [0.15, 0.2) is 35.3 Å². The molecule has 0 spiro atoms. The van der Waals surface area contributed by atoms with Gasteiger partial charge in [0.05, 0.1) is 23.8 Å². The Kier molecular flexibility index (Phi) is 4.56. The van der Waals surface area contributed by atoms with Gasteiger partial charge in [0.2, 0.25) is 0 Å². The summed E-state index contributed by atoms with van der Waals surface area (Å²) in [6, 6.07) is 7.79. The van der Waals surface area contributed by atoms with Crippen molar-refractivity contribution in [1.82, 2.24) is 14.4 Å². The van der Waals surface area contributed by atoms with Crippen LogP contribution in [0.2, 0.25) is 0 Å². The summed E-state index contributed by atoms with van der Waals surface area (Å²) in [5, 5.41) is 0. The van der Waals surface area contributed by atoms with Gasteiger partial charge in [0, 0.05) is 12.5 Å². The number of H-pyrrole nitrogens is 1. The summed E-state index contributed by atoms with van der Waals surface area (Å²) >= 11 is 0. The van der Waals surface area contributed by atoms with Crippen molar-refractivity contribution in [2.45, 2.75) is 12.3 Å². The van der Waals surface area contributed by atoms with Crippen LogP contribution in [-0.4, -0.2) is 27.6 Å². The molecule has 1 aliphatic heterocycles. The summed E-state index contributed by atoms with van der Waals surface area (Å²) in [5.41, 5.74) is 2.31. The molecule has 3 heterocycles. The van der Waals surface area contributed by atoms with E-state index in [1.807, 2.05) is 28.7 Å². The van der Waals surface area contributed by atoms with Gasteiger partial charge in [-0.25, -0.2) is 4.98 Å². The average molecular weight is 328 g/mol. The normalized spacial score (nSPS) is 17.6. The fourth-order valence-electron chi connectivity index (χ4n) is 2.77. The molecule has 1 saturated heterocycles. The lowest BCUT2D eigenvalue weighted by molar-refractivity contribution is 0.193. The zero-order chi connectivity index (χ0) is 12.8. The van der Waals surface area contributed by atoms with Crippen molar-refractivity contribution < 1.29 is 4.74 Å². The molecule has 1 unspecified atom stereocenters.